The fourth-order valence-electron chi connectivity index (χ4n) is 6.44. The third-order valence-electron chi connectivity index (χ3n) is 9.08. The average Bonchev–Trinajstić information content (AvgIpc) is 3.60. The molecule has 18 nitrogen and oxygen atoms in total. The first kappa shape index (κ1) is 36.7. The van der Waals surface area contributed by atoms with E-state index in [-0.39, 0.29) is 92.1 Å². The standard InChI is InChI=1S/C35H27N5O13S2/c41-32-18-2-1-3-19(32)9-22-12-26(54(47,48)49)14-24(34(22)43)11-25-15-27(55(50,51)52)13-23(35(25)44)10-21-7-17(6-20(8-18)33(21)42)16-36-37-28-4-5-29(40(45)46)31-30(28)38-53-39-31/h1-7,12-16,37,41-44H,8-11H2,(H,47,48,49)(H,50,51,52)/b36-16+. The maximum atomic E-state index is 12.4. The number of phenolic OH excluding ortho intramolecular Hbond substituents is 4. The maximum Gasteiger partial charge on any atom is 0.300 e. The lowest BCUT2D eigenvalue weighted by atomic mass is 9.90. The van der Waals surface area contributed by atoms with Gasteiger partial charge in [-0.2, -0.15) is 21.9 Å². The lowest BCUT2D eigenvalue weighted by Crippen LogP contribution is -2.06. The summed E-state index contributed by atoms with van der Waals surface area (Å²) in [6.07, 6.45) is 0.132. The number of nitro benzene ring substituents is 1. The zero-order valence-electron chi connectivity index (χ0n) is 27.9. The molecule has 1 heterocycles. The summed E-state index contributed by atoms with van der Waals surface area (Å²) in [5.74, 6) is -1.49. The first-order valence-corrected chi connectivity index (χ1v) is 18.8. The van der Waals surface area contributed by atoms with Crippen molar-refractivity contribution < 1.29 is 55.9 Å². The number of rotatable bonds is 6. The summed E-state index contributed by atoms with van der Waals surface area (Å²) in [5.41, 5.74) is 3.29. The Balaban J connectivity index is 1.39. The van der Waals surface area contributed by atoms with Gasteiger partial charge < -0.3 is 20.4 Å². The monoisotopic (exact) mass is 789 g/mol. The molecule has 55 heavy (non-hydrogen) atoms. The second-order valence-electron chi connectivity index (χ2n) is 12.7. The summed E-state index contributed by atoms with van der Waals surface area (Å²) in [5, 5.41) is 68.7. The van der Waals surface area contributed by atoms with E-state index in [2.05, 4.69) is 25.5 Å². The first-order chi connectivity index (χ1) is 26.0. The largest absolute Gasteiger partial charge is 0.507 e. The fourth-order valence-corrected chi connectivity index (χ4v) is 7.61. The molecular weight excluding hydrogens is 763 g/mol. The average molecular weight is 790 g/mol. The zero-order chi connectivity index (χ0) is 39.4. The van der Waals surface area contributed by atoms with Crippen molar-refractivity contribution in [3.8, 4) is 23.0 Å². The molecule has 0 atom stereocenters. The number of nitrogens with zero attached hydrogens (tertiary/aromatic N) is 4. The van der Waals surface area contributed by atoms with E-state index in [1.54, 1.807) is 12.1 Å². The molecule has 0 spiro atoms. The van der Waals surface area contributed by atoms with Gasteiger partial charge in [0.2, 0.25) is 5.52 Å². The Hall–Kier alpha value is -6.61. The molecule has 1 aliphatic carbocycles. The third-order valence-corrected chi connectivity index (χ3v) is 10.7. The van der Waals surface area contributed by atoms with E-state index in [4.69, 9.17) is 0 Å². The Morgan fingerprint density at radius 3 is 1.53 bits per heavy atom. The van der Waals surface area contributed by atoms with Crippen molar-refractivity contribution in [3.63, 3.8) is 0 Å². The second kappa shape index (κ2) is 13.7. The topological polar surface area (TPSA) is 296 Å². The molecule has 282 valence electrons. The van der Waals surface area contributed by atoms with Crippen molar-refractivity contribution in [1.82, 2.24) is 10.3 Å². The van der Waals surface area contributed by atoms with Gasteiger partial charge in [0.05, 0.1) is 26.6 Å². The molecule has 1 aromatic heterocycles. The Morgan fingerprint density at radius 1 is 0.655 bits per heavy atom. The molecule has 0 aliphatic heterocycles. The lowest BCUT2D eigenvalue weighted by Gasteiger charge is -2.18. The molecule has 0 radical (unpaired) electrons. The summed E-state index contributed by atoms with van der Waals surface area (Å²) in [4.78, 5) is 9.47. The van der Waals surface area contributed by atoms with Crippen molar-refractivity contribution in [2.24, 2.45) is 5.10 Å². The molecule has 6 aromatic rings. The van der Waals surface area contributed by atoms with Gasteiger partial charge in [0.15, 0.2) is 5.52 Å². The molecule has 7 rings (SSSR count). The number of aromatic nitrogens is 2. The van der Waals surface area contributed by atoms with Gasteiger partial charge in [0, 0.05) is 54.0 Å². The van der Waals surface area contributed by atoms with Crippen LogP contribution < -0.4 is 5.43 Å². The van der Waals surface area contributed by atoms with Crippen LogP contribution in [0.25, 0.3) is 11.0 Å². The van der Waals surface area contributed by atoms with Crippen molar-refractivity contribution in [2.75, 3.05) is 5.43 Å². The quantitative estimate of drug-likeness (QED) is 0.0525. The van der Waals surface area contributed by atoms with Gasteiger partial charge in [-0.1, -0.05) is 18.2 Å². The lowest BCUT2D eigenvalue weighted by molar-refractivity contribution is -0.383. The number of anilines is 1. The van der Waals surface area contributed by atoms with E-state index in [1.807, 2.05) is 0 Å². The highest BCUT2D eigenvalue weighted by atomic mass is 32.2. The molecule has 8 bridgehead atoms. The zero-order valence-corrected chi connectivity index (χ0v) is 29.5. The van der Waals surface area contributed by atoms with Crippen LogP contribution in [0.4, 0.5) is 11.4 Å². The molecule has 0 saturated heterocycles. The second-order valence-corrected chi connectivity index (χ2v) is 15.5. The van der Waals surface area contributed by atoms with Gasteiger partial charge in [-0.3, -0.25) is 24.6 Å². The summed E-state index contributed by atoms with van der Waals surface area (Å²) >= 11 is 0. The van der Waals surface area contributed by atoms with Crippen LogP contribution in [-0.4, -0.2) is 67.8 Å². The van der Waals surface area contributed by atoms with Crippen LogP contribution in [0.3, 0.4) is 0 Å². The number of fused-ring (bicyclic) bond motifs is 9. The van der Waals surface area contributed by atoms with Crippen molar-refractivity contribution in [1.29, 1.82) is 0 Å². The highest BCUT2D eigenvalue weighted by molar-refractivity contribution is 7.86. The third kappa shape index (κ3) is 7.21. The molecule has 1 aliphatic rings. The number of aromatic hydroxyl groups is 4. The minimum absolute atomic E-state index is 0.0284. The molecule has 7 N–H and O–H groups in total. The van der Waals surface area contributed by atoms with Crippen molar-refractivity contribution >= 4 is 48.9 Å². The normalized spacial score (nSPS) is 13.3. The van der Waals surface area contributed by atoms with E-state index < -0.39 is 52.9 Å². The number of non-ortho nitro benzene ring substituents is 1. The molecule has 0 amide bonds. The van der Waals surface area contributed by atoms with Gasteiger partial charge in [-0.25, -0.2) is 4.63 Å². The summed E-state index contributed by atoms with van der Waals surface area (Å²) in [7, 11) is -9.75. The molecular formula is C35H27N5O13S2. The Morgan fingerprint density at radius 2 is 1.07 bits per heavy atom. The number of nitro groups is 1. The number of nitrogens with one attached hydrogen (secondary N) is 1. The summed E-state index contributed by atoms with van der Waals surface area (Å²) in [6.45, 7) is 0. The molecule has 5 aromatic carbocycles. The number of benzene rings is 5. The molecule has 0 unspecified atom stereocenters. The van der Waals surface area contributed by atoms with E-state index in [0.29, 0.717) is 11.1 Å². The number of hydrogen-bond acceptors (Lipinski definition) is 15. The first-order valence-electron chi connectivity index (χ1n) is 16.0. The maximum absolute atomic E-state index is 12.4. The summed E-state index contributed by atoms with van der Waals surface area (Å²) in [6, 6.07) is 14.1. The highest BCUT2D eigenvalue weighted by Gasteiger charge is 2.25. The Kier molecular flexibility index (Phi) is 9.13. The van der Waals surface area contributed by atoms with Crippen LogP contribution in [0.1, 0.15) is 50.1 Å². The van der Waals surface area contributed by atoms with E-state index >= 15 is 0 Å². The number of hydrazone groups is 1. The number of phenols is 4. The SMILES string of the molecule is O=[N+]([O-])c1ccc(N/N=C/c2cc3c(O)c(c2)Cc2cc(S(=O)(=O)O)cc(c2O)Cc2cc(S(=O)(=O)O)cc(c2O)Cc2cccc(c2O)C3)c2nonc12. The predicted molar refractivity (Wildman–Crippen MR) is 193 cm³/mol. The molecule has 0 saturated carbocycles. The van der Waals surface area contributed by atoms with Gasteiger partial charge in [0.25, 0.3) is 20.2 Å². The Bertz CT molecular complexity index is 2840. The minimum Gasteiger partial charge on any atom is -0.507 e. The van der Waals surface area contributed by atoms with Crippen molar-refractivity contribution in [3.05, 3.63) is 127 Å². The van der Waals surface area contributed by atoms with Crippen LogP contribution in [0, 0.1) is 10.1 Å². The molecule has 0 fully saturated rings. The van der Waals surface area contributed by atoms with Gasteiger partial charge >= 0.3 is 5.69 Å². The van der Waals surface area contributed by atoms with Crippen LogP contribution in [-0.2, 0) is 45.9 Å². The predicted octanol–water partition coefficient (Wildman–Crippen LogP) is 4.57. The smallest absolute Gasteiger partial charge is 0.300 e. The summed E-state index contributed by atoms with van der Waals surface area (Å²) < 4.78 is 74.0. The van der Waals surface area contributed by atoms with Crippen LogP contribution in [0.5, 0.6) is 23.0 Å². The highest BCUT2D eigenvalue weighted by Crippen LogP contribution is 2.39. The van der Waals surface area contributed by atoms with Crippen LogP contribution >= 0.6 is 0 Å². The van der Waals surface area contributed by atoms with Crippen molar-refractivity contribution in [2.45, 2.75) is 35.5 Å². The van der Waals surface area contributed by atoms with Crippen LogP contribution in [0.2, 0.25) is 0 Å². The number of para-hydroxylation sites is 1. The minimum atomic E-state index is -4.91. The van der Waals surface area contributed by atoms with Gasteiger partial charge in [-0.15, -0.1) is 0 Å². The van der Waals surface area contributed by atoms with E-state index in [1.165, 1.54) is 36.5 Å². The Labute approximate surface area is 310 Å². The van der Waals surface area contributed by atoms with E-state index in [9.17, 15) is 56.5 Å². The number of hydrogen-bond donors (Lipinski definition) is 7. The van der Waals surface area contributed by atoms with E-state index in [0.717, 1.165) is 24.3 Å². The fraction of sp³-hybridized carbons (Fsp3) is 0.114. The van der Waals surface area contributed by atoms with Crippen LogP contribution in [0.15, 0.2) is 86.3 Å². The van der Waals surface area contributed by atoms with Gasteiger partial charge in [-0.05, 0) is 80.6 Å². The van der Waals surface area contributed by atoms with Gasteiger partial charge in [0.1, 0.15) is 23.0 Å². The molecule has 20 heteroatoms.